The maximum atomic E-state index is 11.3. The van der Waals surface area contributed by atoms with Crippen molar-refractivity contribution in [1.29, 1.82) is 0 Å². The molecule has 2 amide bonds. The molecule has 4 nitrogen and oxygen atoms in total. The Morgan fingerprint density at radius 1 is 1.40 bits per heavy atom. The molecule has 0 heterocycles. The minimum atomic E-state index is -0.305. The highest BCUT2D eigenvalue weighted by molar-refractivity contribution is 5.89. The van der Waals surface area contributed by atoms with Gasteiger partial charge in [0.05, 0.1) is 12.6 Å². The molecule has 0 aliphatic heterocycles. The van der Waals surface area contributed by atoms with Crippen molar-refractivity contribution < 1.29 is 9.90 Å². The maximum Gasteiger partial charge on any atom is 0.319 e. The predicted molar refractivity (Wildman–Crippen MR) is 59.9 cm³/mol. The van der Waals surface area contributed by atoms with Crippen molar-refractivity contribution in [2.75, 3.05) is 11.9 Å². The van der Waals surface area contributed by atoms with Crippen LogP contribution in [-0.4, -0.2) is 23.8 Å². The fourth-order valence-electron chi connectivity index (χ4n) is 1.07. The van der Waals surface area contributed by atoms with Crippen molar-refractivity contribution in [1.82, 2.24) is 5.32 Å². The van der Waals surface area contributed by atoms with Crippen molar-refractivity contribution in [2.45, 2.75) is 19.9 Å². The molecule has 1 atom stereocenters. The molecule has 0 bridgehead atoms. The third-order valence-corrected chi connectivity index (χ3v) is 1.96. The Kier molecular flexibility index (Phi) is 4.12. The van der Waals surface area contributed by atoms with E-state index >= 15 is 0 Å². The minimum absolute atomic E-state index is 0.0681. The molecule has 0 saturated heterocycles. The van der Waals surface area contributed by atoms with Gasteiger partial charge in [0.1, 0.15) is 0 Å². The highest BCUT2D eigenvalue weighted by Gasteiger charge is 2.05. The molecule has 0 aliphatic rings. The van der Waals surface area contributed by atoms with Crippen molar-refractivity contribution in [3.8, 4) is 0 Å². The van der Waals surface area contributed by atoms with Gasteiger partial charge < -0.3 is 15.7 Å². The molecule has 1 aromatic rings. The average molecular weight is 208 g/mol. The van der Waals surface area contributed by atoms with Crippen LogP contribution < -0.4 is 10.6 Å². The highest BCUT2D eigenvalue weighted by atomic mass is 16.3. The monoisotopic (exact) mass is 208 g/mol. The number of carbonyl (C=O) groups excluding carboxylic acids is 1. The van der Waals surface area contributed by atoms with Crippen LogP contribution in [0.25, 0.3) is 0 Å². The van der Waals surface area contributed by atoms with Gasteiger partial charge >= 0.3 is 6.03 Å². The van der Waals surface area contributed by atoms with E-state index in [1.54, 1.807) is 6.92 Å². The summed E-state index contributed by atoms with van der Waals surface area (Å²) in [6, 6.07) is 6.96. The van der Waals surface area contributed by atoms with Gasteiger partial charge in [0.25, 0.3) is 0 Å². The van der Waals surface area contributed by atoms with Gasteiger partial charge in [-0.25, -0.2) is 4.79 Å². The summed E-state index contributed by atoms with van der Waals surface area (Å²) in [4.78, 5) is 11.3. The zero-order valence-corrected chi connectivity index (χ0v) is 8.95. The Hall–Kier alpha value is -1.55. The summed E-state index contributed by atoms with van der Waals surface area (Å²) in [5.74, 6) is 0. The second kappa shape index (κ2) is 5.36. The van der Waals surface area contributed by atoms with E-state index in [9.17, 15) is 4.79 Å². The molecule has 1 unspecified atom stereocenters. The number of carbonyl (C=O) groups is 1. The summed E-state index contributed by atoms with van der Waals surface area (Å²) < 4.78 is 0. The third-order valence-electron chi connectivity index (χ3n) is 1.96. The number of aliphatic hydroxyl groups is 1. The number of aryl methyl sites for hydroxylation is 1. The molecule has 0 radical (unpaired) electrons. The number of benzene rings is 1. The molecule has 0 aliphatic carbocycles. The SMILES string of the molecule is Cc1ccc(NC(=O)NC(C)CO)cc1. The Morgan fingerprint density at radius 2 is 2.00 bits per heavy atom. The topological polar surface area (TPSA) is 61.4 Å². The molecule has 15 heavy (non-hydrogen) atoms. The first-order valence-electron chi connectivity index (χ1n) is 4.87. The van der Waals surface area contributed by atoms with Crippen molar-refractivity contribution in [3.63, 3.8) is 0 Å². The van der Waals surface area contributed by atoms with E-state index in [4.69, 9.17) is 5.11 Å². The fraction of sp³-hybridized carbons (Fsp3) is 0.364. The number of hydrogen-bond donors (Lipinski definition) is 3. The van der Waals surface area contributed by atoms with Crippen molar-refractivity contribution in [2.24, 2.45) is 0 Å². The van der Waals surface area contributed by atoms with Crippen molar-refractivity contribution in [3.05, 3.63) is 29.8 Å². The van der Waals surface area contributed by atoms with Gasteiger partial charge in [-0.1, -0.05) is 17.7 Å². The van der Waals surface area contributed by atoms with Crippen LogP contribution in [0.3, 0.4) is 0 Å². The van der Waals surface area contributed by atoms with Crippen molar-refractivity contribution >= 4 is 11.7 Å². The molecule has 0 spiro atoms. The molecular formula is C11H16N2O2. The summed E-state index contributed by atoms with van der Waals surface area (Å²) in [6.07, 6.45) is 0. The first-order valence-corrected chi connectivity index (χ1v) is 4.87. The molecule has 82 valence electrons. The fourth-order valence-corrected chi connectivity index (χ4v) is 1.07. The first kappa shape index (κ1) is 11.5. The van der Waals surface area contributed by atoms with E-state index < -0.39 is 0 Å². The van der Waals surface area contributed by atoms with E-state index in [1.807, 2.05) is 31.2 Å². The highest BCUT2D eigenvalue weighted by Crippen LogP contribution is 2.07. The number of aliphatic hydroxyl groups excluding tert-OH is 1. The summed E-state index contributed by atoms with van der Waals surface area (Å²) in [7, 11) is 0. The molecule has 3 N–H and O–H groups in total. The standard InChI is InChI=1S/C11H16N2O2/c1-8-3-5-10(6-4-8)13-11(15)12-9(2)7-14/h3-6,9,14H,7H2,1-2H3,(H2,12,13,15). The number of anilines is 1. The molecular weight excluding hydrogens is 192 g/mol. The van der Waals surface area contributed by atoms with Crippen LogP contribution in [0.2, 0.25) is 0 Å². The molecule has 0 fully saturated rings. The van der Waals surface area contributed by atoms with Gasteiger partial charge in [0.2, 0.25) is 0 Å². The van der Waals surface area contributed by atoms with Crippen LogP contribution in [0.1, 0.15) is 12.5 Å². The van der Waals surface area contributed by atoms with Crippen LogP contribution in [0.15, 0.2) is 24.3 Å². The molecule has 1 aromatic carbocycles. The minimum Gasteiger partial charge on any atom is -0.394 e. The zero-order chi connectivity index (χ0) is 11.3. The first-order chi connectivity index (χ1) is 7.11. The summed E-state index contributed by atoms with van der Waals surface area (Å²) in [5, 5.41) is 14.0. The van der Waals surface area contributed by atoms with Gasteiger partial charge in [-0.05, 0) is 26.0 Å². The molecule has 0 aromatic heterocycles. The van der Waals surface area contributed by atoms with Gasteiger partial charge in [0.15, 0.2) is 0 Å². The summed E-state index contributed by atoms with van der Waals surface area (Å²) in [5.41, 5.74) is 1.88. The van der Waals surface area contributed by atoms with Crippen LogP contribution in [0.5, 0.6) is 0 Å². The Balaban J connectivity index is 2.48. The van der Waals surface area contributed by atoms with Gasteiger partial charge in [0, 0.05) is 5.69 Å². The van der Waals surface area contributed by atoms with Gasteiger partial charge in [-0.2, -0.15) is 0 Å². The van der Waals surface area contributed by atoms with Crippen LogP contribution >= 0.6 is 0 Å². The Morgan fingerprint density at radius 3 is 2.53 bits per heavy atom. The average Bonchev–Trinajstić information content (AvgIpc) is 2.21. The van der Waals surface area contributed by atoms with Crippen LogP contribution in [0, 0.1) is 6.92 Å². The molecule has 4 heteroatoms. The van der Waals surface area contributed by atoms with E-state index in [-0.39, 0.29) is 18.7 Å². The number of urea groups is 1. The van der Waals surface area contributed by atoms with Crippen LogP contribution in [0.4, 0.5) is 10.5 Å². The summed E-state index contributed by atoms with van der Waals surface area (Å²) >= 11 is 0. The summed E-state index contributed by atoms with van der Waals surface area (Å²) in [6.45, 7) is 3.65. The molecule has 0 saturated carbocycles. The largest absolute Gasteiger partial charge is 0.394 e. The quantitative estimate of drug-likeness (QED) is 0.705. The number of amides is 2. The smallest absolute Gasteiger partial charge is 0.319 e. The third kappa shape index (κ3) is 3.99. The lowest BCUT2D eigenvalue weighted by atomic mass is 10.2. The lowest BCUT2D eigenvalue weighted by molar-refractivity contribution is 0.229. The lowest BCUT2D eigenvalue weighted by Gasteiger charge is -2.11. The lowest BCUT2D eigenvalue weighted by Crippen LogP contribution is -2.38. The normalized spacial score (nSPS) is 11.9. The number of nitrogens with one attached hydrogen (secondary N) is 2. The number of hydrogen-bond acceptors (Lipinski definition) is 2. The predicted octanol–water partition coefficient (Wildman–Crippen LogP) is 1.50. The van der Waals surface area contributed by atoms with E-state index in [0.29, 0.717) is 0 Å². The Bertz CT molecular complexity index is 322. The van der Waals surface area contributed by atoms with E-state index in [1.165, 1.54) is 0 Å². The maximum absolute atomic E-state index is 11.3. The van der Waals surface area contributed by atoms with E-state index in [2.05, 4.69) is 10.6 Å². The number of rotatable bonds is 3. The van der Waals surface area contributed by atoms with Gasteiger partial charge in [-0.15, -0.1) is 0 Å². The second-order valence-corrected chi connectivity index (χ2v) is 3.55. The second-order valence-electron chi connectivity index (χ2n) is 3.55. The Labute approximate surface area is 89.3 Å². The van der Waals surface area contributed by atoms with E-state index in [0.717, 1.165) is 11.3 Å². The van der Waals surface area contributed by atoms with Gasteiger partial charge in [-0.3, -0.25) is 0 Å². The molecule has 1 rings (SSSR count). The van der Waals surface area contributed by atoms with Crippen LogP contribution in [-0.2, 0) is 0 Å². The zero-order valence-electron chi connectivity index (χ0n) is 8.95.